The second-order valence-electron chi connectivity index (χ2n) is 5.73. The molecule has 0 saturated carbocycles. The maximum absolute atomic E-state index is 10.0. The SMILES string of the molecule is CCCCn1c(/N=C/c2ccc(C)cc2O)nc2ccccc21. The maximum atomic E-state index is 10.0. The summed E-state index contributed by atoms with van der Waals surface area (Å²) in [6.45, 7) is 5.01. The number of nitrogens with zero attached hydrogens (tertiary/aromatic N) is 3. The van der Waals surface area contributed by atoms with Gasteiger partial charge in [0.05, 0.1) is 11.0 Å². The third-order valence-corrected chi connectivity index (χ3v) is 3.87. The van der Waals surface area contributed by atoms with Gasteiger partial charge in [-0.3, -0.25) is 0 Å². The molecule has 0 atom stereocenters. The molecule has 0 amide bonds. The molecule has 0 saturated heterocycles. The van der Waals surface area contributed by atoms with Crippen LogP contribution in [-0.2, 0) is 6.54 Å². The monoisotopic (exact) mass is 307 g/mol. The van der Waals surface area contributed by atoms with Crippen molar-refractivity contribution in [3.05, 3.63) is 53.6 Å². The van der Waals surface area contributed by atoms with Gasteiger partial charge in [0.1, 0.15) is 5.75 Å². The lowest BCUT2D eigenvalue weighted by Gasteiger charge is -2.05. The van der Waals surface area contributed by atoms with Gasteiger partial charge in [-0.25, -0.2) is 9.98 Å². The largest absolute Gasteiger partial charge is 0.507 e. The summed E-state index contributed by atoms with van der Waals surface area (Å²) in [5.41, 5.74) is 3.77. The van der Waals surface area contributed by atoms with Crippen molar-refractivity contribution in [1.29, 1.82) is 0 Å². The molecule has 0 unspecified atom stereocenters. The number of aryl methyl sites for hydroxylation is 2. The number of benzene rings is 2. The number of phenols is 1. The average Bonchev–Trinajstić information content (AvgIpc) is 2.89. The van der Waals surface area contributed by atoms with Crippen molar-refractivity contribution >= 4 is 23.2 Å². The van der Waals surface area contributed by atoms with Crippen LogP contribution in [0.4, 0.5) is 5.95 Å². The first-order valence-corrected chi connectivity index (χ1v) is 7.98. The Bertz CT molecular complexity index is 849. The summed E-state index contributed by atoms with van der Waals surface area (Å²) >= 11 is 0. The van der Waals surface area contributed by atoms with E-state index >= 15 is 0 Å². The lowest BCUT2D eigenvalue weighted by atomic mass is 10.1. The smallest absolute Gasteiger partial charge is 0.230 e. The van der Waals surface area contributed by atoms with E-state index in [9.17, 15) is 5.11 Å². The summed E-state index contributed by atoms with van der Waals surface area (Å²) in [5.74, 6) is 0.921. The zero-order chi connectivity index (χ0) is 16.2. The summed E-state index contributed by atoms with van der Waals surface area (Å²) in [4.78, 5) is 9.14. The molecule has 0 aliphatic heterocycles. The number of aliphatic imine (C=N–C) groups is 1. The number of fused-ring (bicyclic) bond motifs is 1. The van der Waals surface area contributed by atoms with Crippen molar-refractivity contribution in [3.63, 3.8) is 0 Å². The van der Waals surface area contributed by atoms with Gasteiger partial charge in [-0.05, 0) is 43.2 Å². The Morgan fingerprint density at radius 3 is 2.83 bits per heavy atom. The van der Waals surface area contributed by atoms with Crippen LogP contribution in [0.1, 0.15) is 30.9 Å². The molecule has 0 radical (unpaired) electrons. The van der Waals surface area contributed by atoms with E-state index < -0.39 is 0 Å². The highest BCUT2D eigenvalue weighted by Crippen LogP contribution is 2.23. The molecule has 1 heterocycles. The molecule has 4 heteroatoms. The van der Waals surface area contributed by atoms with Gasteiger partial charge in [-0.2, -0.15) is 0 Å². The highest BCUT2D eigenvalue weighted by atomic mass is 16.3. The highest BCUT2D eigenvalue weighted by Gasteiger charge is 2.09. The molecule has 0 aliphatic rings. The Morgan fingerprint density at radius 2 is 2.04 bits per heavy atom. The van der Waals surface area contributed by atoms with Crippen molar-refractivity contribution in [1.82, 2.24) is 9.55 Å². The Kier molecular flexibility index (Phi) is 4.42. The number of rotatable bonds is 5. The van der Waals surface area contributed by atoms with Gasteiger partial charge >= 0.3 is 0 Å². The van der Waals surface area contributed by atoms with E-state index in [1.165, 1.54) is 0 Å². The fraction of sp³-hybridized carbons (Fsp3) is 0.263. The predicted octanol–water partition coefficient (Wildman–Crippen LogP) is 4.60. The molecule has 0 bridgehead atoms. The molecule has 1 N–H and O–H groups in total. The Morgan fingerprint density at radius 1 is 1.22 bits per heavy atom. The lowest BCUT2D eigenvalue weighted by Crippen LogP contribution is -1.97. The minimum atomic E-state index is 0.241. The van der Waals surface area contributed by atoms with Crippen molar-refractivity contribution < 1.29 is 5.11 Å². The van der Waals surface area contributed by atoms with Crippen LogP contribution in [0.5, 0.6) is 5.75 Å². The molecular formula is C19H21N3O. The van der Waals surface area contributed by atoms with Gasteiger partial charge < -0.3 is 9.67 Å². The van der Waals surface area contributed by atoms with E-state index in [-0.39, 0.29) is 5.75 Å². The second-order valence-corrected chi connectivity index (χ2v) is 5.73. The minimum absolute atomic E-state index is 0.241. The van der Waals surface area contributed by atoms with Gasteiger partial charge in [0.2, 0.25) is 5.95 Å². The van der Waals surface area contributed by atoms with Crippen LogP contribution in [-0.4, -0.2) is 20.9 Å². The quantitative estimate of drug-likeness (QED) is 0.700. The zero-order valence-electron chi connectivity index (χ0n) is 13.5. The van der Waals surface area contributed by atoms with Crippen LogP contribution in [0.3, 0.4) is 0 Å². The summed E-state index contributed by atoms with van der Waals surface area (Å²) < 4.78 is 2.14. The van der Waals surface area contributed by atoms with E-state index in [0.717, 1.165) is 36.0 Å². The van der Waals surface area contributed by atoms with Crippen molar-refractivity contribution in [3.8, 4) is 5.75 Å². The highest BCUT2D eigenvalue weighted by molar-refractivity contribution is 5.86. The summed E-state index contributed by atoms with van der Waals surface area (Å²) in [7, 11) is 0. The van der Waals surface area contributed by atoms with E-state index in [1.807, 2.05) is 37.3 Å². The molecule has 1 aromatic heterocycles. The first kappa shape index (κ1) is 15.3. The molecule has 2 aromatic carbocycles. The number of hydrogen-bond acceptors (Lipinski definition) is 3. The minimum Gasteiger partial charge on any atom is -0.507 e. The van der Waals surface area contributed by atoms with Crippen LogP contribution < -0.4 is 0 Å². The standard InChI is InChI=1S/C19H21N3O/c1-3-4-11-22-17-8-6-5-7-16(17)21-19(22)20-13-15-10-9-14(2)12-18(15)23/h5-10,12-13,23H,3-4,11H2,1-2H3/b20-13+. The number of hydrogen-bond donors (Lipinski definition) is 1. The Hall–Kier alpha value is -2.62. The normalized spacial score (nSPS) is 11.6. The fourth-order valence-electron chi connectivity index (χ4n) is 2.59. The molecule has 3 rings (SSSR count). The van der Waals surface area contributed by atoms with Crippen LogP contribution in [0.15, 0.2) is 47.5 Å². The van der Waals surface area contributed by atoms with E-state index in [0.29, 0.717) is 11.5 Å². The molecule has 0 spiro atoms. The third kappa shape index (κ3) is 3.26. The molecule has 4 nitrogen and oxygen atoms in total. The fourth-order valence-corrected chi connectivity index (χ4v) is 2.59. The lowest BCUT2D eigenvalue weighted by molar-refractivity contribution is 0.474. The number of imidazole rings is 1. The van der Waals surface area contributed by atoms with E-state index in [1.54, 1.807) is 12.3 Å². The number of unbranched alkanes of at least 4 members (excludes halogenated alkanes) is 1. The van der Waals surface area contributed by atoms with Gasteiger partial charge in [0, 0.05) is 18.3 Å². The van der Waals surface area contributed by atoms with Crippen LogP contribution in [0.2, 0.25) is 0 Å². The van der Waals surface area contributed by atoms with Gasteiger partial charge in [-0.15, -0.1) is 0 Å². The third-order valence-electron chi connectivity index (χ3n) is 3.87. The molecule has 0 fully saturated rings. The van der Waals surface area contributed by atoms with E-state index in [2.05, 4.69) is 27.5 Å². The van der Waals surface area contributed by atoms with Gasteiger partial charge in [-0.1, -0.05) is 31.5 Å². The number of para-hydroxylation sites is 2. The molecule has 23 heavy (non-hydrogen) atoms. The number of phenolic OH excluding ortho intramolecular Hbond substituents is 1. The molecule has 3 aromatic rings. The summed E-state index contributed by atoms with van der Waals surface area (Å²) in [6.07, 6.45) is 3.88. The summed E-state index contributed by atoms with van der Waals surface area (Å²) in [5, 5.41) is 10.0. The average molecular weight is 307 g/mol. The topological polar surface area (TPSA) is 50.4 Å². The molecular weight excluding hydrogens is 286 g/mol. The molecule has 0 aliphatic carbocycles. The Balaban J connectivity index is 1.99. The van der Waals surface area contributed by atoms with Gasteiger partial charge in [0.15, 0.2) is 0 Å². The van der Waals surface area contributed by atoms with Gasteiger partial charge in [0.25, 0.3) is 0 Å². The zero-order valence-corrected chi connectivity index (χ0v) is 13.5. The van der Waals surface area contributed by atoms with E-state index in [4.69, 9.17) is 0 Å². The molecule has 118 valence electrons. The van der Waals surface area contributed by atoms with Crippen molar-refractivity contribution in [2.24, 2.45) is 4.99 Å². The number of aromatic nitrogens is 2. The van der Waals surface area contributed by atoms with Crippen molar-refractivity contribution in [2.45, 2.75) is 33.2 Å². The predicted molar refractivity (Wildman–Crippen MR) is 94.7 cm³/mol. The van der Waals surface area contributed by atoms with Crippen LogP contribution >= 0.6 is 0 Å². The second kappa shape index (κ2) is 6.65. The van der Waals surface area contributed by atoms with Crippen LogP contribution in [0.25, 0.3) is 11.0 Å². The Labute approximate surface area is 136 Å². The maximum Gasteiger partial charge on any atom is 0.230 e. The van der Waals surface area contributed by atoms with Crippen molar-refractivity contribution in [2.75, 3.05) is 0 Å². The summed E-state index contributed by atoms with van der Waals surface area (Å²) in [6, 6.07) is 13.6. The van der Waals surface area contributed by atoms with Crippen LogP contribution in [0, 0.1) is 6.92 Å². The first-order chi connectivity index (χ1) is 11.2. The first-order valence-electron chi connectivity index (χ1n) is 7.98. The number of aromatic hydroxyl groups is 1.